The maximum atomic E-state index is 13.9. The first-order valence-corrected chi connectivity index (χ1v) is 10.5. The van der Waals surface area contributed by atoms with Crippen LogP contribution in [0.5, 0.6) is 0 Å². The molecular weight excluding hydrogens is 434 g/mol. The van der Waals surface area contributed by atoms with Crippen molar-refractivity contribution in [2.24, 2.45) is 4.99 Å². The van der Waals surface area contributed by atoms with Gasteiger partial charge in [0, 0.05) is 17.2 Å². The molecule has 0 radical (unpaired) electrons. The normalized spacial score (nSPS) is 18.5. The summed E-state index contributed by atoms with van der Waals surface area (Å²) in [6.07, 6.45) is -0.475. The van der Waals surface area contributed by atoms with Gasteiger partial charge in [0.1, 0.15) is 5.69 Å². The molecule has 1 unspecified atom stereocenters. The van der Waals surface area contributed by atoms with Gasteiger partial charge in [-0.2, -0.15) is 13.2 Å². The van der Waals surface area contributed by atoms with Gasteiger partial charge in [0.15, 0.2) is 6.17 Å². The number of rotatable bonds is 4. The number of hydrogen-bond acceptors (Lipinski definition) is 3. The van der Waals surface area contributed by atoms with Crippen molar-refractivity contribution < 1.29 is 17.6 Å². The molecule has 1 fully saturated rings. The Morgan fingerprint density at radius 1 is 1.24 bits per heavy atom. The second-order valence-electron chi connectivity index (χ2n) is 8.15. The summed E-state index contributed by atoms with van der Waals surface area (Å²) >= 11 is 0. The van der Waals surface area contributed by atoms with Gasteiger partial charge in [-0.25, -0.2) is 9.37 Å². The van der Waals surface area contributed by atoms with E-state index in [1.807, 2.05) is 0 Å². The van der Waals surface area contributed by atoms with E-state index in [9.17, 15) is 22.4 Å². The van der Waals surface area contributed by atoms with Crippen LogP contribution >= 0.6 is 0 Å². The largest absolute Gasteiger partial charge is 0.431 e. The van der Waals surface area contributed by atoms with Gasteiger partial charge in [-0.15, -0.1) is 0 Å². The van der Waals surface area contributed by atoms with Gasteiger partial charge in [0.2, 0.25) is 0 Å². The number of pyridine rings is 2. The van der Waals surface area contributed by atoms with E-state index in [0.29, 0.717) is 35.5 Å². The van der Waals surface area contributed by atoms with Crippen LogP contribution in [-0.4, -0.2) is 21.4 Å². The summed E-state index contributed by atoms with van der Waals surface area (Å²) in [4.78, 5) is 21.7. The summed E-state index contributed by atoms with van der Waals surface area (Å²) in [5.41, 5.74) is 0.971. The molecule has 0 saturated heterocycles. The highest BCUT2D eigenvalue weighted by Crippen LogP contribution is 2.40. The predicted octanol–water partition coefficient (Wildman–Crippen LogP) is 5.65. The molecular formula is C25H21F4N3O. The van der Waals surface area contributed by atoms with E-state index in [4.69, 9.17) is 0 Å². The second-order valence-corrected chi connectivity index (χ2v) is 8.15. The lowest BCUT2D eigenvalue weighted by atomic mass is 10.1. The lowest BCUT2D eigenvalue weighted by Crippen LogP contribution is -2.29. The molecule has 33 heavy (non-hydrogen) atoms. The Morgan fingerprint density at radius 3 is 2.64 bits per heavy atom. The molecule has 4 rings (SSSR count). The number of halogens is 4. The Hall–Kier alpha value is -3.47. The zero-order valence-electron chi connectivity index (χ0n) is 18.3. The van der Waals surface area contributed by atoms with Crippen LogP contribution in [0.4, 0.5) is 23.2 Å². The number of hydrogen-bond donors (Lipinski definition) is 0. The van der Waals surface area contributed by atoms with E-state index in [1.54, 1.807) is 32.1 Å². The van der Waals surface area contributed by atoms with Crippen LogP contribution in [0.25, 0.3) is 5.57 Å². The molecule has 2 aromatic rings. The van der Waals surface area contributed by atoms with Gasteiger partial charge in [-0.1, -0.05) is 17.9 Å². The highest BCUT2D eigenvalue weighted by Gasteiger charge is 2.40. The minimum atomic E-state index is -4.68. The number of alkyl halides is 4. The fraction of sp³-hybridized carbons (Fsp3) is 0.320. The second kappa shape index (κ2) is 8.47. The lowest BCUT2D eigenvalue weighted by Gasteiger charge is -2.17. The zero-order valence-corrected chi connectivity index (χ0v) is 18.3. The van der Waals surface area contributed by atoms with E-state index in [1.165, 1.54) is 19.1 Å². The third-order valence-corrected chi connectivity index (χ3v) is 5.58. The van der Waals surface area contributed by atoms with Crippen molar-refractivity contribution in [2.75, 3.05) is 0 Å². The zero-order chi connectivity index (χ0) is 23.9. The molecule has 1 saturated carbocycles. The topological polar surface area (TPSA) is 47.2 Å². The van der Waals surface area contributed by atoms with Crippen molar-refractivity contribution in [2.45, 2.75) is 52.0 Å². The minimum absolute atomic E-state index is 0.0425. The molecule has 2 aliphatic rings. The van der Waals surface area contributed by atoms with Crippen molar-refractivity contribution in [3.05, 3.63) is 75.0 Å². The van der Waals surface area contributed by atoms with E-state index in [0.717, 1.165) is 16.2 Å². The van der Waals surface area contributed by atoms with E-state index in [-0.39, 0.29) is 11.3 Å². The van der Waals surface area contributed by atoms with Crippen molar-refractivity contribution in [1.29, 1.82) is 0 Å². The van der Waals surface area contributed by atoms with Crippen molar-refractivity contribution >= 4 is 17.0 Å². The van der Waals surface area contributed by atoms with Gasteiger partial charge >= 0.3 is 6.18 Å². The van der Waals surface area contributed by atoms with Gasteiger partial charge in [-0.05, 0) is 69.5 Å². The first-order valence-electron chi connectivity index (χ1n) is 10.5. The highest BCUT2D eigenvalue weighted by atomic mass is 19.4. The third kappa shape index (κ3) is 4.68. The molecule has 4 nitrogen and oxygen atoms in total. The summed E-state index contributed by atoms with van der Waals surface area (Å²) < 4.78 is 55.8. The van der Waals surface area contributed by atoms with Crippen LogP contribution in [0.15, 0.2) is 46.2 Å². The van der Waals surface area contributed by atoms with Crippen LogP contribution in [0.1, 0.15) is 54.0 Å². The molecule has 0 aliphatic heterocycles. The Labute approximate surface area is 188 Å². The molecule has 1 atom stereocenters. The van der Waals surface area contributed by atoms with Gasteiger partial charge in [-0.3, -0.25) is 9.79 Å². The molecule has 170 valence electrons. The summed E-state index contributed by atoms with van der Waals surface area (Å²) in [7, 11) is 0. The van der Waals surface area contributed by atoms with Crippen LogP contribution in [0, 0.1) is 25.7 Å². The number of aliphatic imine (C=N–C) groups is 1. The maximum absolute atomic E-state index is 13.9. The molecule has 0 spiro atoms. The van der Waals surface area contributed by atoms with E-state index >= 15 is 0 Å². The summed E-state index contributed by atoms with van der Waals surface area (Å²) in [6.45, 7) is 4.89. The average molecular weight is 455 g/mol. The highest BCUT2D eigenvalue weighted by molar-refractivity contribution is 6.00. The first kappa shape index (κ1) is 22.7. The average Bonchev–Trinajstić information content (AvgIpc) is 3.59. The molecule has 0 bridgehead atoms. The summed E-state index contributed by atoms with van der Waals surface area (Å²) in [5, 5.41) is 0. The quantitative estimate of drug-likeness (QED) is 0.340. The minimum Gasteiger partial charge on any atom is -0.301 e. The number of nitrogens with zero attached hydrogens (tertiary/aromatic N) is 3. The monoisotopic (exact) mass is 455 g/mol. The van der Waals surface area contributed by atoms with Crippen LogP contribution in [0.2, 0.25) is 0 Å². The first-order chi connectivity index (χ1) is 15.6. The van der Waals surface area contributed by atoms with Crippen molar-refractivity contribution in [3.8, 4) is 11.8 Å². The Balaban J connectivity index is 1.80. The number of aromatic nitrogens is 2. The standard InChI is InChI=1S/C25H21F4N3O/c1-14-8-11-20(17-6-4-5-7-18(26)12-17)31-23(14)16(3)30-21-13-22(25(27,28)29)32(19-9-10-19)24(33)15(21)2/h4,6,8,11-13,18-19H,9-10H2,1-3H3/b30-16+. The lowest BCUT2D eigenvalue weighted by molar-refractivity contribution is -0.144. The SMILES string of the molecule is C/C(=N\c1cc(C(F)(F)F)n(C2CC2)c(=O)c1C)c1nc(C2=CC(F)C#CC=C2)ccc1C. The molecule has 2 aromatic heterocycles. The Bertz CT molecular complexity index is 1330. The van der Waals surface area contributed by atoms with Crippen LogP contribution < -0.4 is 5.56 Å². The third-order valence-electron chi connectivity index (χ3n) is 5.58. The smallest absolute Gasteiger partial charge is 0.301 e. The predicted molar refractivity (Wildman–Crippen MR) is 119 cm³/mol. The maximum Gasteiger partial charge on any atom is 0.431 e. The van der Waals surface area contributed by atoms with Crippen LogP contribution in [-0.2, 0) is 6.18 Å². The summed E-state index contributed by atoms with van der Waals surface area (Å²) in [5.74, 6) is 5.01. The van der Waals surface area contributed by atoms with Gasteiger partial charge in [0.05, 0.1) is 22.8 Å². The fourth-order valence-electron chi connectivity index (χ4n) is 3.71. The summed E-state index contributed by atoms with van der Waals surface area (Å²) in [6, 6.07) is 4.02. The van der Waals surface area contributed by atoms with Gasteiger partial charge < -0.3 is 4.57 Å². The number of aryl methyl sites for hydroxylation is 1. The molecule has 2 aliphatic carbocycles. The van der Waals surface area contributed by atoms with E-state index in [2.05, 4.69) is 21.8 Å². The number of allylic oxidation sites excluding steroid dienone is 4. The molecule has 2 heterocycles. The van der Waals surface area contributed by atoms with Gasteiger partial charge in [0.25, 0.3) is 5.56 Å². The molecule has 8 heteroatoms. The Morgan fingerprint density at radius 2 is 1.97 bits per heavy atom. The van der Waals surface area contributed by atoms with Crippen molar-refractivity contribution in [1.82, 2.24) is 9.55 Å². The van der Waals surface area contributed by atoms with Crippen molar-refractivity contribution in [3.63, 3.8) is 0 Å². The van der Waals surface area contributed by atoms with E-state index < -0.39 is 29.6 Å². The fourth-order valence-corrected chi connectivity index (χ4v) is 3.71. The Kier molecular flexibility index (Phi) is 5.83. The van der Waals surface area contributed by atoms with Crippen LogP contribution in [0.3, 0.4) is 0 Å². The molecule has 0 aromatic carbocycles. The molecule has 0 amide bonds. The molecule has 0 N–H and O–H groups in total.